The van der Waals surface area contributed by atoms with E-state index in [0.717, 1.165) is 43.6 Å². The molecule has 0 saturated carbocycles. The van der Waals surface area contributed by atoms with Gasteiger partial charge in [-0.25, -0.2) is 4.39 Å². The van der Waals surface area contributed by atoms with Gasteiger partial charge < -0.3 is 4.90 Å². The summed E-state index contributed by atoms with van der Waals surface area (Å²) in [5.41, 5.74) is 1.96. The fourth-order valence-electron chi connectivity index (χ4n) is 4.80. The molecule has 2 fully saturated rings. The molecule has 2 heterocycles. The van der Waals surface area contributed by atoms with Crippen LogP contribution in [0.1, 0.15) is 49.4 Å². The van der Waals surface area contributed by atoms with Gasteiger partial charge in [0.15, 0.2) is 0 Å². The van der Waals surface area contributed by atoms with Crippen LogP contribution < -0.4 is 0 Å². The van der Waals surface area contributed by atoms with E-state index in [-0.39, 0.29) is 17.5 Å². The second-order valence-electron chi connectivity index (χ2n) is 8.56. The highest BCUT2D eigenvalue weighted by Gasteiger charge is 2.33. The van der Waals surface area contributed by atoms with Crippen LogP contribution in [0.3, 0.4) is 0 Å². The number of rotatable bonds is 5. The molecular formula is C25H31FN2OS. The molecule has 0 aliphatic carbocycles. The van der Waals surface area contributed by atoms with Crippen LogP contribution in [0.4, 0.5) is 4.39 Å². The van der Waals surface area contributed by atoms with Gasteiger partial charge in [-0.1, -0.05) is 24.6 Å². The summed E-state index contributed by atoms with van der Waals surface area (Å²) in [4.78, 5) is 18.8. The highest BCUT2D eigenvalue weighted by Crippen LogP contribution is 2.28. The monoisotopic (exact) mass is 426 g/mol. The van der Waals surface area contributed by atoms with Crippen molar-refractivity contribution >= 4 is 17.7 Å². The molecule has 160 valence electrons. The summed E-state index contributed by atoms with van der Waals surface area (Å²) in [7, 11) is 0. The minimum Gasteiger partial charge on any atom is -0.334 e. The SMILES string of the molecule is CSc1ccc(-c2ccc(C(=O)N3CCCC3CN3CCCCC3C)c(F)c2)cc1. The Morgan fingerprint density at radius 1 is 1.03 bits per heavy atom. The summed E-state index contributed by atoms with van der Waals surface area (Å²) in [6, 6.07) is 13.9. The molecule has 2 aliphatic heterocycles. The van der Waals surface area contributed by atoms with Crippen molar-refractivity contribution < 1.29 is 9.18 Å². The number of nitrogens with zero attached hydrogens (tertiary/aromatic N) is 2. The maximum Gasteiger partial charge on any atom is 0.257 e. The number of piperidine rings is 1. The van der Waals surface area contributed by atoms with E-state index in [9.17, 15) is 9.18 Å². The van der Waals surface area contributed by atoms with Gasteiger partial charge in [-0.15, -0.1) is 11.8 Å². The van der Waals surface area contributed by atoms with Crippen LogP contribution in [-0.4, -0.2) is 53.7 Å². The van der Waals surface area contributed by atoms with Gasteiger partial charge in [0, 0.05) is 30.1 Å². The van der Waals surface area contributed by atoms with Crippen molar-refractivity contribution in [2.24, 2.45) is 0 Å². The first kappa shape index (κ1) is 21.4. The summed E-state index contributed by atoms with van der Waals surface area (Å²) in [5.74, 6) is -0.590. The summed E-state index contributed by atoms with van der Waals surface area (Å²) < 4.78 is 15.0. The molecule has 0 aromatic heterocycles. The maximum absolute atomic E-state index is 15.0. The smallest absolute Gasteiger partial charge is 0.257 e. The number of hydrogen-bond acceptors (Lipinski definition) is 3. The molecule has 0 radical (unpaired) electrons. The molecule has 2 atom stereocenters. The van der Waals surface area contributed by atoms with Gasteiger partial charge in [-0.05, 0) is 80.8 Å². The number of carbonyl (C=O) groups is 1. The summed E-state index contributed by atoms with van der Waals surface area (Å²) in [6.45, 7) is 5.03. The molecule has 1 amide bonds. The normalized spacial score (nSPS) is 22.4. The van der Waals surface area contributed by atoms with Crippen molar-refractivity contribution in [3.8, 4) is 11.1 Å². The van der Waals surface area contributed by atoms with Crippen molar-refractivity contribution in [2.45, 2.75) is 56.0 Å². The molecule has 2 unspecified atom stereocenters. The van der Waals surface area contributed by atoms with E-state index in [4.69, 9.17) is 0 Å². The van der Waals surface area contributed by atoms with E-state index in [0.29, 0.717) is 6.04 Å². The third kappa shape index (κ3) is 4.57. The first-order chi connectivity index (χ1) is 14.6. The molecule has 5 heteroatoms. The third-order valence-corrected chi connectivity index (χ3v) is 7.39. The molecule has 0 N–H and O–H groups in total. The fourth-order valence-corrected chi connectivity index (χ4v) is 5.21. The van der Waals surface area contributed by atoms with Crippen LogP contribution in [-0.2, 0) is 0 Å². The standard InChI is InChI=1S/C25H31FN2OS/c1-18-6-3-4-14-27(18)17-21-7-5-15-28(21)25(29)23-13-10-20(16-24(23)26)19-8-11-22(30-2)12-9-19/h8-13,16,18,21H,3-7,14-15,17H2,1-2H3. The lowest BCUT2D eigenvalue weighted by molar-refractivity contribution is 0.0647. The van der Waals surface area contributed by atoms with Crippen LogP contribution in [0.5, 0.6) is 0 Å². The van der Waals surface area contributed by atoms with Gasteiger partial charge in [-0.2, -0.15) is 0 Å². The third-order valence-electron chi connectivity index (χ3n) is 6.65. The topological polar surface area (TPSA) is 23.6 Å². The minimum absolute atomic E-state index is 0.163. The Hall–Kier alpha value is -1.85. The number of thioether (sulfide) groups is 1. The van der Waals surface area contributed by atoms with Crippen molar-refractivity contribution in [2.75, 3.05) is 25.9 Å². The highest BCUT2D eigenvalue weighted by molar-refractivity contribution is 7.98. The highest BCUT2D eigenvalue weighted by atomic mass is 32.2. The van der Waals surface area contributed by atoms with Crippen molar-refractivity contribution in [1.29, 1.82) is 0 Å². The zero-order valence-corrected chi connectivity index (χ0v) is 18.8. The van der Waals surface area contributed by atoms with E-state index in [1.165, 1.54) is 30.2 Å². The Balaban J connectivity index is 1.49. The van der Waals surface area contributed by atoms with Crippen LogP contribution in [0.15, 0.2) is 47.4 Å². The van der Waals surface area contributed by atoms with Gasteiger partial charge in [-0.3, -0.25) is 9.69 Å². The molecule has 2 aromatic carbocycles. The van der Waals surface area contributed by atoms with Gasteiger partial charge in [0.05, 0.1) is 5.56 Å². The average molecular weight is 427 g/mol. The van der Waals surface area contributed by atoms with E-state index < -0.39 is 5.82 Å². The van der Waals surface area contributed by atoms with Crippen LogP contribution in [0, 0.1) is 5.82 Å². The van der Waals surface area contributed by atoms with Gasteiger partial charge in [0.2, 0.25) is 0 Å². The molecular weight excluding hydrogens is 395 g/mol. The lowest BCUT2D eigenvalue weighted by atomic mass is 10.0. The predicted molar refractivity (Wildman–Crippen MR) is 123 cm³/mol. The van der Waals surface area contributed by atoms with Crippen LogP contribution in [0.25, 0.3) is 11.1 Å². The Morgan fingerprint density at radius 3 is 2.50 bits per heavy atom. The largest absolute Gasteiger partial charge is 0.334 e. The first-order valence-electron chi connectivity index (χ1n) is 11.1. The number of benzene rings is 2. The molecule has 2 aliphatic rings. The van der Waals surface area contributed by atoms with Crippen LogP contribution >= 0.6 is 11.8 Å². The second kappa shape index (κ2) is 9.52. The first-order valence-corrected chi connectivity index (χ1v) is 12.3. The van der Waals surface area contributed by atoms with E-state index >= 15 is 0 Å². The molecule has 0 spiro atoms. The maximum atomic E-state index is 15.0. The number of carbonyl (C=O) groups excluding carboxylic acids is 1. The lowest BCUT2D eigenvalue weighted by Gasteiger charge is -2.37. The van der Waals surface area contributed by atoms with Crippen LogP contribution in [0.2, 0.25) is 0 Å². The molecule has 2 aromatic rings. The number of hydrogen-bond donors (Lipinski definition) is 0. The van der Waals surface area contributed by atoms with Gasteiger partial charge in [0.25, 0.3) is 5.91 Å². The predicted octanol–water partition coefficient (Wildman–Crippen LogP) is 5.69. The average Bonchev–Trinajstić information content (AvgIpc) is 3.23. The zero-order valence-electron chi connectivity index (χ0n) is 17.9. The van der Waals surface area contributed by atoms with Gasteiger partial charge >= 0.3 is 0 Å². The number of amides is 1. The summed E-state index contributed by atoms with van der Waals surface area (Å²) >= 11 is 1.68. The molecule has 2 saturated heterocycles. The van der Waals surface area contributed by atoms with Gasteiger partial charge in [0.1, 0.15) is 5.82 Å². The van der Waals surface area contributed by atoms with E-state index in [2.05, 4.69) is 11.8 Å². The van der Waals surface area contributed by atoms with Crippen molar-refractivity contribution in [3.63, 3.8) is 0 Å². The Bertz CT molecular complexity index is 885. The van der Waals surface area contributed by atoms with E-state index in [1.807, 2.05) is 41.5 Å². The van der Waals surface area contributed by atoms with E-state index in [1.54, 1.807) is 17.8 Å². The van der Waals surface area contributed by atoms with Crippen molar-refractivity contribution in [1.82, 2.24) is 9.80 Å². The van der Waals surface area contributed by atoms with Crippen molar-refractivity contribution in [3.05, 3.63) is 53.8 Å². The Kier molecular flexibility index (Phi) is 6.79. The Labute approximate surface area is 183 Å². The lowest BCUT2D eigenvalue weighted by Crippen LogP contribution is -2.47. The molecule has 0 bridgehead atoms. The fraction of sp³-hybridized carbons (Fsp3) is 0.480. The Morgan fingerprint density at radius 2 is 1.80 bits per heavy atom. The summed E-state index contributed by atoms with van der Waals surface area (Å²) in [5, 5.41) is 0. The number of likely N-dealkylation sites (tertiary alicyclic amines) is 2. The second-order valence-corrected chi connectivity index (χ2v) is 9.44. The minimum atomic E-state index is -0.427. The molecule has 4 rings (SSSR count). The quantitative estimate of drug-likeness (QED) is 0.574. The number of halogens is 1. The zero-order chi connectivity index (χ0) is 21.1. The molecule has 3 nitrogen and oxygen atoms in total. The molecule has 30 heavy (non-hydrogen) atoms. The summed E-state index contributed by atoms with van der Waals surface area (Å²) in [6.07, 6.45) is 7.81.